The maximum Gasteiger partial charge on any atom is 0.242 e. The minimum Gasteiger partial charge on any atom is -0.285 e. The molecule has 1 fully saturated rings. The summed E-state index contributed by atoms with van der Waals surface area (Å²) in [4.78, 5) is 24.1. The molecule has 1 aromatic rings. The van der Waals surface area contributed by atoms with E-state index in [0.717, 1.165) is 17.9 Å². The van der Waals surface area contributed by atoms with Gasteiger partial charge in [0.2, 0.25) is 11.8 Å². The third-order valence-corrected chi connectivity index (χ3v) is 3.88. The van der Waals surface area contributed by atoms with Crippen LogP contribution in [0.5, 0.6) is 0 Å². The van der Waals surface area contributed by atoms with Crippen LogP contribution in [0.25, 0.3) is 0 Å². The first-order valence-electron chi connectivity index (χ1n) is 5.35. The van der Waals surface area contributed by atoms with E-state index in [4.69, 9.17) is 0 Å². The zero-order chi connectivity index (χ0) is 12.4. The number of aryl methyl sites for hydroxylation is 2. The molecule has 0 aliphatic carbocycles. The molecule has 6 nitrogen and oxygen atoms in total. The van der Waals surface area contributed by atoms with Gasteiger partial charge in [-0.1, -0.05) is 5.21 Å². The fraction of sp³-hybridized carbons (Fsp3) is 0.600. The number of hydrogen-bond acceptors (Lipinski definition) is 5. The molecule has 92 valence electrons. The van der Waals surface area contributed by atoms with E-state index in [1.807, 2.05) is 13.2 Å². The Hall–Kier alpha value is -1.37. The molecule has 7 heteroatoms. The Kier molecular flexibility index (Phi) is 3.46. The maximum atomic E-state index is 11.6. The molecule has 1 unspecified atom stereocenters. The van der Waals surface area contributed by atoms with Crippen molar-refractivity contribution < 1.29 is 9.59 Å². The van der Waals surface area contributed by atoms with Crippen LogP contribution in [0.3, 0.4) is 0 Å². The zero-order valence-corrected chi connectivity index (χ0v) is 10.6. The summed E-state index contributed by atoms with van der Waals surface area (Å²) in [5, 5.41) is 7.58. The Bertz CT molecular complexity index is 445. The Balaban J connectivity index is 1.80. The number of nitrogens with zero attached hydrogens (tertiary/aromatic N) is 4. The monoisotopic (exact) mass is 254 g/mol. The lowest BCUT2D eigenvalue weighted by Gasteiger charge is -2.07. The molecule has 0 radical (unpaired) electrons. The lowest BCUT2D eigenvalue weighted by atomic mass is 10.3. The van der Waals surface area contributed by atoms with Crippen molar-refractivity contribution in [2.45, 2.75) is 18.1 Å². The standard InChI is InChI=1S/C10H14N4O2S/c1-13-6-7(11-12-13)3-4-17-8-5-9(15)14(2)10(8)16/h6,8H,3-5H2,1-2H3. The van der Waals surface area contributed by atoms with Crippen molar-refractivity contribution in [1.29, 1.82) is 0 Å². The Morgan fingerprint density at radius 3 is 2.76 bits per heavy atom. The van der Waals surface area contributed by atoms with E-state index in [0.29, 0.717) is 6.42 Å². The molecule has 0 N–H and O–H groups in total. The molecule has 2 rings (SSSR count). The first kappa shape index (κ1) is 12.1. The van der Waals surface area contributed by atoms with Crippen LogP contribution < -0.4 is 0 Å². The topological polar surface area (TPSA) is 68.1 Å². The van der Waals surface area contributed by atoms with Gasteiger partial charge in [0.15, 0.2) is 0 Å². The van der Waals surface area contributed by atoms with Crippen molar-refractivity contribution in [3.05, 3.63) is 11.9 Å². The first-order valence-corrected chi connectivity index (χ1v) is 6.40. The second kappa shape index (κ2) is 4.87. The van der Waals surface area contributed by atoms with Gasteiger partial charge < -0.3 is 0 Å². The molecule has 1 saturated heterocycles. The number of aromatic nitrogens is 3. The van der Waals surface area contributed by atoms with Crippen LogP contribution in [-0.2, 0) is 23.1 Å². The number of imide groups is 1. The van der Waals surface area contributed by atoms with E-state index < -0.39 is 0 Å². The lowest BCUT2D eigenvalue weighted by molar-refractivity contribution is -0.136. The second-order valence-corrected chi connectivity index (χ2v) is 5.30. The molecule has 1 aliphatic heterocycles. The van der Waals surface area contributed by atoms with Gasteiger partial charge >= 0.3 is 0 Å². The van der Waals surface area contributed by atoms with Gasteiger partial charge in [0, 0.05) is 33.1 Å². The largest absolute Gasteiger partial charge is 0.285 e. The molecule has 0 spiro atoms. The maximum absolute atomic E-state index is 11.6. The highest BCUT2D eigenvalue weighted by molar-refractivity contribution is 8.00. The number of amides is 2. The normalized spacial score (nSPS) is 20.4. The van der Waals surface area contributed by atoms with E-state index in [-0.39, 0.29) is 17.1 Å². The van der Waals surface area contributed by atoms with Crippen molar-refractivity contribution in [1.82, 2.24) is 19.9 Å². The molecule has 0 bridgehead atoms. The Labute approximate surface area is 103 Å². The number of thioether (sulfide) groups is 1. The van der Waals surface area contributed by atoms with Crippen molar-refractivity contribution in [2.24, 2.45) is 7.05 Å². The van der Waals surface area contributed by atoms with Gasteiger partial charge in [-0.3, -0.25) is 19.2 Å². The fourth-order valence-corrected chi connectivity index (χ4v) is 2.84. The summed E-state index contributed by atoms with van der Waals surface area (Å²) >= 11 is 1.51. The summed E-state index contributed by atoms with van der Waals surface area (Å²) in [6.45, 7) is 0. The molecular formula is C10H14N4O2S. The third-order valence-electron chi connectivity index (χ3n) is 2.67. The first-order chi connectivity index (χ1) is 8.08. The average molecular weight is 254 g/mol. The van der Waals surface area contributed by atoms with Crippen LogP contribution in [0.2, 0.25) is 0 Å². The highest BCUT2D eigenvalue weighted by atomic mass is 32.2. The Morgan fingerprint density at radius 2 is 2.24 bits per heavy atom. The van der Waals surface area contributed by atoms with E-state index in [9.17, 15) is 9.59 Å². The molecule has 0 aromatic carbocycles. The van der Waals surface area contributed by atoms with Crippen LogP contribution in [0.15, 0.2) is 6.20 Å². The van der Waals surface area contributed by atoms with Crippen molar-refractivity contribution in [2.75, 3.05) is 12.8 Å². The summed E-state index contributed by atoms with van der Waals surface area (Å²) < 4.78 is 1.65. The van der Waals surface area contributed by atoms with Crippen molar-refractivity contribution in [3.8, 4) is 0 Å². The van der Waals surface area contributed by atoms with Crippen LogP contribution in [0.1, 0.15) is 12.1 Å². The Morgan fingerprint density at radius 1 is 1.47 bits per heavy atom. The van der Waals surface area contributed by atoms with E-state index in [2.05, 4.69) is 10.3 Å². The van der Waals surface area contributed by atoms with Crippen LogP contribution in [-0.4, -0.2) is 49.8 Å². The van der Waals surface area contributed by atoms with Gasteiger partial charge in [-0.25, -0.2) is 0 Å². The van der Waals surface area contributed by atoms with Crippen molar-refractivity contribution in [3.63, 3.8) is 0 Å². The SMILES string of the molecule is CN1C(=O)CC(SCCc2cn(C)nn2)C1=O. The fourth-order valence-electron chi connectivity index (χ4n) is 1.67. The smallest absolute Gasteiger partial charge is 0.242 e. The predicted molar refractivity (Wildman–Crippen MR) is 63.3 cm³/mol. The predicted octanol–water partition coefficient (Wildman–Crippen LogP) is -0.152. The molecule has 1 aliphatic rings. The molecule has 1 atom stereocenters. The quantitative estimate of drug-likeness (QED) is 0.699. The third kappa shape index (κ3) is 2.66. The van der Waals surface area contributed by atoms with Crippen LogP contribution in [0, 0.1) is 0 Å². The average Bonchev–Trinajstić information content (AvgIpc) is 2.80. The van der Waals surface area contributed by atoms with Gasteiger partial charge in [0.25, 0.3) is 0 Å². The molecular weight excluding hydrogens is 240 g/mol. The minimum absolute atomic E-state index is 0.0841. The van der Waals surface area contributed by atoms with Gasteiger partial charge in [0.1, 0.15) is 0 Å². The lowest BCUT2D eigenvalue weighted by Crippen LogP contribution is -2.26. The number of carbonyl (C=O) groups excluding carboxylic acids is 2. The summed E-state index contributed by atoms with van der Waals surface area (Å²) in [5.41, 5.74) is 0.908. The number of carbonyl (C=O) groups is 2. The van der Waals surface area contributed by atoms with Gasteiger partial charge in [0.05, 0.1) is 10.9 Å². The summed E-state index contributed by atoms with van der Waals surface area (Å²) in [6, 6.07) is 0. The van der Waals surface area contributed by atoms with E-state index in [1.54, 1.807) is 4.68 Å². The molecule has 0 saturated carbocycles. The number of rotatable bonds is 4. The number of likely N-dealkylation sites (tertiary alicyclic amines) is 1. The van der Waals surface area contributed by atoms with Gasteiger partial charge in [-0.05, 0) is 5.75 Å². The zero-order valence-electron chi connectivity index (χ0n) is 9.79. The van der Waals surface area contributed by atoms with Gasteiger partial charge in [-0.15, -0.1) is 16.9 Å². The molecule has 17 heavy (non-hydrogen) atoms. The summed E-state index contributed by atoms with van der Waals surface area (Å²) in [6.07, 6.45) is 2.94. The molecule has 2 amide bonds. The highest BCUT2D eigenvalue weighted by Gasteiger charge is 2.35. The summed E-state index contributed by atoms with van der Waals surface area (Å²) in [7, 11) is 3.35. The van der Waals surface area contributed by atoms with Crippen molar-refractivity contribution >= 4 is 23.6 Å². The van der Waals surface area contributed by atoms with Crippen LogP contribution >= 0.6 is 11.8 Å². The van der Waals surface area contributed by atoms with Gasteiger partial charge in [-0.2, -0.15) is 0 Å². The molecule has 2 heterocycles. The minimum atomic E-state index is -0.218. The number of hydrogen-bond donors (Lipinski definition) is 0. The summed E-state index contributed by atoms with van der Waals surface area (Å²) in [5.74, 6) is 0.599. The molecule has 1 aromatic heterocycles. The van der Waals surface area contributed by atoms with E-state index >= 15 is 0 Å². The highest BCUT2D eigenvalue weighted by Crippen LogP contribution is 2.24. The van der Waals surface area contributed by atoms with E-state index in [1.165, 1.54) is 23.7 Å². The second-order valence-electron chi connectivity index (χ2n) is 3.99. The van der Waals surface area contributed by atoms with Crippen LogP contribution in [0.4, 0.5) is 0 Å².